The SMILES string of the molecule is CCOC(=S)SC(COc1ccc(Cl)cc1)CC(P(=O)(OC)OC)P(=O)(OC)OC. The minimum atomic E-state index is -3.84. The van der Waals surface area contributed by atoms with Gasteiger partial charge in [0.25, 0.3) is 0 Å². The average molecular weight is 521 g/mol. The van der Waals surface area contributed by atoms with E-state index in [1.165, 1.54) is 40.2 Å². The molecule has 1 aromatic rings. The van der Waals surface area contributed by atoms with Crippen molar-refractivity contribution in [2.75, 3.05) is 41.7 Å². The fourth-order valence-corrected chi connectivity index (χ4v) is 9.09. The second-order valence-electron chi connectivity index (χ2n) is 5.71. The van der Waals surface area contributed by atoms with E-state index in [1.807, 2.05) is 6.92 Å². The third kappa shape index (κ3) is 8.08. The summed E-state index contributed by atoms with van der Waals surface area (Å²) in [4.78, 5) is 0. The summed E-state index contributed by atoms with van der Waals surface area (Å²) in [6, 6.07) is 6.82. The zero-order valence-corrected chi connectivity index (χ0v) is 21.6. The quantitative estimate of drug-likeness (QED) is 0.234. The Morgan fingerprint density at radius 3 is 1.97 bits per heavy atom. The Bertz CT molecular complexity index is 723. The van der Waals surface area contributed by atoms with Gasteiger partial charge in [0.1, 0.15) is 12.4 Å². The van der Waals surface area contributed by atoms with E-state index in [4.69, 9.17) is 51.4 Å². The van der Waals surface area contributed by atoms with E-state index in [-0.39, 0.29) is 17.4 Å². The lowest BCUT2D eigenvalue weighted by molar-refractivity contribution is 0.241. The first kappa shape index (κ1) is 27.9. The molecule has 0 bridgehead atoms. The van der Waals surface area contributed by atoms with Crippen molar-refractivity contribution in [2.24, 2.45) is 0 Å². The van der Waals surface area contributed by atoms with E-state index in [0.717, 1.165) is 0 Å². The van der Waals surface area contributed by atoms with Crippen LogP contribution in [0.15, 0.2) is 24.3 Å². The van der Waals surface area contributed by atoms with Gasteiger partial charge < -0.3 is 27.6 Å². The maximum absolute atomic E-state index is 13.2. The molecule has 8 nitrogen and oxygen atoms in total. The molecule has 0 N–H and O–H groups in total. The van der Waals surface area contributed by atoms with Gasteiger partial charge in [-0.1, -0.05) is 23.4 Å². The fourth-order valence-electron chi connectivity index (χ4n) is 2.46. The highest BCUT2D eigenvalue weighted by molar-refractivity contribution is 8.23. The first-order valence-electron chi connectivity index (χ1n) is 8.82. The molecule has 0 fully saturated rings. The summed E-state index contributed by atoms with van der Waals surface area (Å²) in [6.45, 7) is 2.34. The smallest absolute Gasteiger partial charge is 0.345 e. The van der Waals surface area contributed by atoms with Crippen LogP contribution in [0.3, 0.4) is 0 Å². The summed E-state index contributed by atoms with van der Waals surface area (Å²) in [5.41, 5.74) is 0. The van der Waals surface area contributed by atoms with Crippen LogP contribution in [0.2, 0.25) is 5.02 Å². The van der Waals surface area contributed by atoms with Crippen molar-refractivity contribution >= 4 is 55.2 Å². The molecule has 1 rings (SSSR count). The molecule has 0 spiro atoms. The highest BCUT2D eigenvalue weighted by Crippen LogP contribution is 2.70. The minimum absolute atomic E-state index is 0.0311. The maximum atomic E-state index is 13.2. The minimum Gasteiger partial charge on any atom is -0.492 e. The summed E-state index contributed by atoms with van der Waals surface area (Å²) in [5.74, 6) is 0.576. The van der Waals surface area contributed by atoms with Crippen LogP contribution in [0, 0.1) is 0 Å². The molecule has 0 saturated heterocycles. The zero-order valence-electron chi connectivity index (χ0n) is 17.4. The molecule has 172 valence electrons. The Labute approximate surface area is 192 Å². The van der Waals surface area contributed by atoms with E-state index in [2.05, 4.69) is 0 Å². The van der Waals surface area contributed by atoms with Crippen LogP contribution in [-0.2, 0) is 32.0 Å². The monoisotopic (exact) mass is 520 g/mol. The van der Waals surface area contributed by atoms with Crippen LogP contribution in [0.5, 0.6) is 5.75 Å². The molecule has 30 heavy (non-hydrogen) atoms. The molecule has 0 aliphatic heterocycles. The van der Waals surface area contributed by atoms with Crippen LogP contribution in [-0.4, -0.2) is 56.7 Å². The highest BCUT2D eigenvalue weighted by Gasteiger charge is 2.50. The molecular formula is C17H27ClO8P2S2. The second kappa shape index (κ2) is 13.4. The number of halogens is 1. The van der Waals surface area contributed by atoms with E-state index in [1.54, 1.807) is 24.3 Å². The van der Waals surface area contributed by atoms with Gasteiger partial charge in [-0.15, -0.1) is 0 Å². The first-order valence-corrected chi connectivity index (χ1v) is 13.7. The molecule has 0 aliphatic rings. The molecular weight excluding hydrogens is 494 g/mol. The lowest BCUT2D eigenvalue weighted by Gasteiger charge is -2.31. The predicted octanol–water partition coefficient (Wildman–Crippen LogP) is 5.83. The molecule has 1 unspecified atom stereocenters. The van der Waals surface area contributed by atoms with Gasteiger partial charge in [0.05, 0.1) is 6.61 Å². The van der Waals surface area contributed by atoms with Crippen molar-refractivity contribution in [1.82, 2.24) is 0 Å². The Kier molecular flexibility index (Phi) is 12.5. The van der Waals surface area contributed by atoms with Crippen molar-refractivity contribution in [1.29, 1.82) is 0 Å². The predicted molar refractivity (Wildman–Crippen MR) is 124 cm³/mol. The van der Waals surface area contributed by atoms with Gasteiger partial charge in [-0.05, 0) is 49.8 Å². The summed E-state index contributed by atoms with van der Waals surface area (Å²) in [5, 5.41) is -1.05. The Hall–Kier alpha value is -0.150. The second-order valence-corrected chi connectivity index (χ2v) is 13.3. The van der Waals surface area contributed by atoms with E-state index >= 15 is 0 Å². The van der Waals surface area contributed by atoms with Crippen molar-refractivity contribution < 1.29 is 36.7 Å². The summed E-state index contributed by atoms with van der Waals surface area (Å²) < 4.78 is 58.2. The normalized spacial score (nSPS) is 13.3. The Balaban J connectivity index is 3.16. The highest BCUT2D eigenvalue weighted by atomic mass is 35.5. The molecule has 0 heterocycles. The van der Waals surface area contributed by atoms with Gasteiger partial charge in [-0.2, -0.15) is 0 Å². The van der Waals surface area contributed by atoms with Gasteiger partial charge in [-0.25, -0.2) is 0 Å². The average Bonchev–Trinajstić information content (AvgIpc) is 2.75. The Morgan fingerprint density at radius 1 is 1.03 bits per heavy atom. The molecule has 1 atom stereocenters. The Morgan fingerprint density at radius 2 is 1.53 bits per heavy atom. The summed E-state index contributed by atoms with van der Waals surface area (Å²) >= 11 is 12.3. The van der Waals surface area contributed by atoms with Gasteiger partial charge in [0.15, 0.2) is 5.40 Å². The van der Waals surface area contributed by atoms with Gasteiger partial charge in [-0.3, -0.25) is 9.13 Å². The van der Waals surface area contributed by atoms with Crippen molar-refractivity contribution in [3.05, 3.63) is 29.3 Å². The molecule has 0 saturated carbocycles. The van der Waals surface area contributed by atoms with E-state index in [0.29, 0.717) is 17.4 Å². The van der Waals surface area contributed by atoms with Crippen molar-refractivity contribution in [2.45, 2.75) is 24.0 Å². The largest absolute Gasteiger partial charge is 0.492 e. The van der Waals surface area contributed by atoms with Gasteiger partial charge >= 0.3 is 15.2 Å². The lowest BCUT2D eigenvalue weighted by Crippen LogP contribution is -2.25. The number of thioether (sulfide) groups is 1. The number of thiocarbonyl (C=S) groups is 1. The topological polar surface area (TPSA) is 89.5 Å². The number of rotatable bonds is 13. The van der Waals surface area contributed by atoms with E-state index in [9.17, 15) is 9.13 Å². The standard InChI is InChI=1S/C17H27ClO8P2S2/c1-6-25-17(29)30-15(12-26-14-9-7-13(18)8-10-14)11-16(27(19,21-2)22-3)28(20,23-4)24-5/h7-10,15-16H,6,11-12H2,1-5H3. The van der Waals surface area contributed by atoms with Crippen LogP contribution in [0.4, 0.5) is 0 Å². The summed E-state index contributed by atoms with van der Waals surface area (Å²) in [6.07, 6.45) is 0.0311. The molecule has 0 aromatic heterocycles. The molecule has 0 amide bonds. The van der Waals surface area contributed by atoms with Crippen molar-refractivity contribution in [3.8, 4) is 5.75 Å². The van der Waals surface area contributed by atoms with Gasteiger partial charge in [0, 0.05) is 38.7 Å². The number of benzene rings is 1. The molecule has 13 heteroatoms. The van der Waals surface area contributed by atoms with Crippen LogP contribution in [0.1, 0.15) is 13.3 Å². The third-order valence-corrected chi connectivity index (χ3v) is 11.2. The molecule has 0 aliphatic carbocycles. The molecule has 0 radical (unpaired) electrons. The molecule has 1 aromatic carbocycles. The lowest BCUT2D eigenvalue weighted by atomic mass is 10.3. The first-order chi connectivity index (χ1) is 14.2. The van der Waals surface area contributed by atoms with Crippen molar-refractivity contribution in [3.63, 3.8) is 0 Å². The van der Waals surface area contributed by atoms with E-state index < -0.39 is 25.8 Å². The fraction of sp³-hybridized carbons (Fsp3) is 0.588. The maximum Gasteiger partial charge on any atom is 0.345 e. The van der Waals surface area contributed by atoms with Crippen LogP contribution >= 0.6 is 50.8 Å². The third-order valence-electron chi connectivity index (χ3n) is 4.00. The van der Waals surface area contributed by atoms with Crippen LogP contribution in [0.25, 0.3) is 0 Å². The summed E-state index contributed by atoms with van der Waals surface area (Å²) in [7, 11) is -2.84. The van der Waals surface area contributed by atoms with Gasteiger partial charge in [0.2, 0.25) is 4.38 Å². The number of hydrogen-bond donors (Lipinski definition) is 0. The zero-order chi connectivity index (χ0) is 22.8. The number of ether oxygens (including phenoxy) is 2. The van der Waals surface area contributed by atoms with Crippen LogP contribution < -0.4 is 4.74 Å². The number of hydrogen-bond acceptors (Lipinski definition) is 10.